The molecule has 1 aromatic carbocycles. The SMILES string of the molecule is CC(=O)Oc1c(C(=NNC(=O)C2CCN(C)CC2)C(C)C)cc(Br)c(F)c1Br. The summed E-state index contributed by atoms with van der Waals surface area (Å²) in [7, 11) is 2.03. The summed E-state index contributed by atoms with van der Waals surface area (Å²) < 4.78 is 19.7. The molecule has 1 fully saturated rings. The van der Waals surface area contributed by atoms with Crippen LogP contribution in [0, 0.1) is 17.7 Å². The Morgan fingerprint density at radius 3 is 2.46 bits per heavy atom. The second kappa shape index (κ2) is 9.93. The van der Waals surface area contributed by atoms with Crippen molar-refractivity contribution in [1.29, 1.82) is 0 Å². The van der Waals surface area contributed by atoms with Crippen LogP contribution in [0.25, 0.3) is 0 Å². The van der Waals surface area contributed by atoms with Gasteiger partial charge >= 0.3 is 5.97 Å². The monoisotopic (exact) mass is 519 g/mol. The summed E-state index contributed by atoms with van der Waals surface area (Å²) in [6.07, 6.45) is 1.56. The molecule has 28 heavy (non-hydrogen) atoms. The van der Waals surface area contributed by atoms with Crippen molar-refractivity contribution in [3.63, 3.8) is 0 Å². The first-order chi connectivity index (χ1) is 13.1. The van der Waals surface area contributed by atoms with Gasteiger partial charge in [0.05, 0.1) is 14.7 Å². The molecule has 1 saturated heterocycles. The Balaban J connectivity index is 2.36. The summed E-state index contributed by atoms with van der Waals surface area (Å²) in [5.41, 5.74) is 3.56. The first kappa shape index (κ1) is 23.0. The lowest BCUT2D eigenvalue weighted by molar-refractivity contribution is -0.132. The molecule has 1 heterocycles. The fourth-order valence-corrected chi connectivity index (χ4v) is 4.19. The number of hydrogen-bond donors (Lipinski definition) is 1. The highest BCUT2D eigenvalue weighted by atomic mass is 79.9. The Bertz CT molecular complexity index is 791. The molecule has 1 aliphatic rings. The van der Waals surface area contributed by atoms with Gasteiger partial charge in [-0.05, 0) is 76.8 Å². The summed E-state index contributed by atoms with van der Waals surface area (Å²) in [4.78, 5) is 26.2. The molecular formula is C19H24Br2FN3O3. The van der Waals surface area contributed by atoms with Crippen molar-refractivity contribution >= 4 is 49.4 Å². The molecule has 1 aliphatic heterocycles. The number of piperidine rings is 1. The predicted molar refractivity (Wildman–Crippen MR) is 113 cm³/mol. The maximum Gasteiger partial charge on any atom is 0.308 e. The lowest BCUT2D eigenvalue weighted by Crippen LogP contribution is -2.38. The van der Waals surface area contributed by atoms with Gasteiger partial charge in [-0.2, -0.15) is 5.10 Å². The molecule has 9 heteroatoms. The lowest BCUT2D eigenvalue weighted by atomic mass is 9.96. The average Bonchev–Trinajstić information content (AvgIpc) is 2.63. The van der Waals surface area contributed by atoms with Gasteiger partial charge in [0.2, 0.25) is 5.91 Å². The number of hydrazone groups is 1. The second-order valence-corrected chi connectivity index (χ2v) is 8.81. The van der Waals surface area contributed by atoms with Crippen molar-refractivity contribution in [3.05, 3.63) is 26.4 Å². The third-order valence-electron chi connectivity index (χ3n) is 4.56. The molecule has 1 aromatic rings. The maximum absolute atomic E-state index is 14.3. The first-order valence-electron chi connectivity index (χ1n) is 9.04. The van der Waals surface area contributed by atoms with Gasteiger partial charge in [-0.1, -0.05) is 13.8 Å². The van der Waals surface area contributed by atoms with E-state index in [2.05, 4.69) is 47.3 Å². The van der Waals surface area contributed by atoms with Crippen LogP contribution in [0.2, 0.25) is 0 Å². The Labute approximate surface area is 181 Å². The Kier molecular flexibility index (Phi) is 8.15. The zero-order valence-electron chi connectivity index (χ0n) is 16.3. The maximum atomic E-state index is 14.3. The van der Waals surface area contributed by atoms with Gasteiger partial charge in [0.25, 0.3) is 0 Å². The minimum Gasteiger partial charge on any atom is -0.425 e. The highest BCUT2D eigenvalue weighted by Gasteiger charge is 2.26. The standard InChI is InChI=1S/C19H24Br2FN3O3/c1-10(2)17(23-24-19(27)12-5-7-25(4)8-6-12)13-9-14(20)16(22)15(21)18(13)28-11(3)26/h9-10,12H,5-8H2,1-4H3,(H,24,27). The number of hydrogen-bond acceptors (Lipinski definition) is 5. The van der Waals surface area contributed by atoms with Crippen LogP contribution in [0.4, 0.5) is 4.39 Å². The van der Waals surface area contributed by atoms with Gasteiger partial charge in [-0.3, -0.25) is 9.59 Å². The summed E-state index contributed by atoms with van der Waals surface area (Å²) >= 11 is 6.32. The Hall–Kier alpha value is -1.32. The largest absolute Gasteiger partial charge is 0.425 e. The molecular weight excluding hydrogens is 497 g/mol. The predicted octanol–water partition coefficient (Wildman–Crippen LogP) is 4.09. The molecule has 0 atom stereocenters. The highest BCUT2D eigenvalue weighted by molar-refractivity contribution is 9.11. The first-order valence-corrected chi connectivity index (χ1v) is 10.6. The van der Waals surface area contributed by atoms with Crippen LogP contribution in [-0.2, 0) is 9.59 Å². The summed E-state index contributed by atoms with van der Waals surface area (Å²) in [5, 5.41) is 4.32. The lowest BCUT2D eigenvalue weighted by Gasteiger charge is -2.27. The summed E-state index contributed by atoms with van der Waals surface area (Å²) in [6.45, 7) is 6.76. The zero-order valence-corrected chi connectivity index (χ0v) is 19.5. The van der Waals surface area contributed by atoms with Crippen molar-refractivity contribution < 1.29 is 18.7 Å². The van der Waals surface area contributed by atoms with Gasteiger partial charge in [0, 0.05) is 18.4 Å². The van der Waals surface area contributed by atoms with Crippen LogP contribution in [-0.4, -0.2) is 42.6 Å². The number of halogens is 3. The molecule has 0 unspecified atom stereocenters. The minimum atomic E-state index is -0.585. The smallest absolute Gasteiger partial charge is 0.308 e. The number of benzene rings is 1. The summed E-state index contributed by atoms with van der Waals surface area (Å²) in [6, 6.07) is 1.50. The molecule has 0 aromatic heterocycles. The van der Waals surface area contributed by atoms with Gasteiger partial charge in [0.1, 0.15) is 0 Å². The summed E-state index contributed by atoms with van der Waals surface area (Å²) in [5.74, 6) is -1.47. The molecule has 0 spiro atoms. The molecule has 0 radical (unpaired) electrons. The molecule has 2 rings (SSSR count). The van der Waals surface area contributed by atoms with E-state index in [1.165, 1.54) is 13.0 Å². The van der Waals surface area contributed by atoms with Crippen LogP contribution in [0.3, 0.4) is 0 Å². The third kappa shape index (κ3) is 5.61. The van der Waals surface area contributed by atoms with E-state index in [0.717, 1.165) is 25.9 Å². The Morgan fingerprint density at radius 2 is 1.93 bits per heavy atom. The van der Waals surface area contributed by atoms with Crippen molar-refractivity contribution in [2.45, 2.75) is 33.6 Å². The van der Waals surface area contributed by atoms with Crippen LogP contribution in [0.15, 0.2) is 20.1 Å². The number of nitrogens with zero attached hydrogens (tertiary/aromatic N) is 2. The number of ether oxygens (including phenoxy) is 1. The number of rotatable bonds is 5. The van der Waals surface area contributed by atoms with E-state index in [1.807, 2.05) is 20.9 Å². The Morgan fingerprint density at radius 1 is 1.32 bits per heavy atom. The van der Waals surface area contributed by atoms with Gasteiger partial charge in [0.15, 0.2) is 11.6 Å². The van der Waals surface area contributed by atoms with Crippen LogP contribution in [0.1, 0.15) is 39.2 Å². The molecule has 154 valence electrons. The van der Waals surface area contributed by atoms with E-state index in [9.17, 15) is 14.0 Å². The highest BCUT2D eigenvalue weighted by Crippen LogP contribution is 2.37. The van der Waals surface area contributed by atoms with E-state index in [-0.39, 0.29) is 32.4 Å². The number of carbonyl (C=O) groups excluding carboxylic acids is 2. The van der Waals surface area contributed by atoms with Crippen molar-refractivity contribution in [1.82, 2.24) is 10.3 Å². The third-order valence-corrected chi connectivity index (χ3v) is 5.85. The number of esters is 1. The van der Waals surface area contributed by atoms with Crippen LogP contribution >= 0.6 is 31.9 Å². The average molecular weight is 521 g/mol. The second-order valence-electron chi connectivity index (χ2n) is 7.16. The normalized spacial score (nSPS) is 16.4. The zero-order chi connectivity index (χ0) is 21.0. The van der Waals surface area contributed by atoms with E-state index < -0.39 is 11.8 Å². The molecule has 6 nitrogen and oxygen atoms in total. The van der Waals surface area contributed by atoms with Crippen LogP contribution < -0.4 is 10.2 Å². The van der Waals surface area contributed by atoms with Gasteiger partial charge in [-0.15, -0.1) is 0 Å². The van der Waals surface area contributed by atoms with Crippen molar-refractivity contribution in [2.24, 2.45) is 16.9 Å². The number of nitrogens with one attached hydrogen (secondary N) is 1. The van der Waals surface area contributed by atoms with Gasteiger partial charge < -0.3 is 9.64 Å². The minimum absolute atomic E-state index is 0.0158. The molecule has 1 amide bonds. The van der Waals surface area contributed by atoms with E-state index >= 15 is 0 Å². The quantitative estimate of drug-likeness (QED) is 0.209. The number of likely N-dealkylation sites (tertiary alicyclic amines) is 1. The molecule has 0 aliphatic carbocycles. The van der Waals surface area contributed by atoms with Crippen molar-refractivity contribution in [2.75, 3.05) is 20.1 Å². The van der Waals surface area contributed by atoms with Crippen molar-refractivity contribution in [3.8, 4) is 5.75 Å². The molecule has 0 saturated carbocycles. The van der Waals surface area contributed by atoms with E-state index in [0.29, 0.717) is 11.3 Å². The number of amides is 1. The molecule has 0 bridgehead atoms. The fraction of sp³-hybridized carbons (Fsp3) is 0.526. The molecule has 1 N–H and O–H groups in total. The van der Waals surface area contributed by atoms with E-state index in [1.54, 1.807) is 0 Å². The fourth-order valence-electron chi connectivity index (χ4n) is 2.99. The topological polar surface area (TPSA) is 71.0 Å². The van der Waals surface area contributed by atoms with E-state index in [4.69, 9.17) is 4.74 Å². The van der Waals surface area contributed by atoms with Crippen LogP contribution in [0.5, 0.6) is 5.75 Å². The number of carbonyl (C=O) groups is 2. The van der Waals surface area contributed by atoms with Gasteiger partial charge in [-0.25, -0.2) is 9.82 Å².